The van der Waals surface area contributed by atoms with E-state index in [-0.39, 0.29) is 17.0 Å². The molecule has 0 atom stereocenters. The first-order valence-electron chi connectivity index (χ1n) is 6.65. The number of hydrogen-bond acceptors (Lipinski definition) is 3. The fourth-order valence-corrected chi connectivity index (χ4v) is 2.90. The van der Waals surface area contributed by atoms with E-state index < -0.39 is 5.92 Å². The highest BCUT2D eigenvalue weighted by molar-refractivity contribution is 9.10. The van der Waals surface area contributed by atoms with Gasteiger partial charge in [-0.15, -0.1) is 0 Å². The molecule has 4 heteroatoms. The highest BCUT2D eigenvalue weighted by Crippen LogP contribution is 2.34. The number of benzene rings is 1. The molecule has 1 aliphatic carbocycles. The number of rotatable bonds is 2. The Hall–Kier alpha value is -1.29. The summed E-state index contributed by atoms with van der Waals surface area (Å²) >= 11 is 3.36. The zero-order chi connectivity index (χ0) is 14.9. The summed E-state index contributed by atoms with van der Waals surface area (Å²) in [6.45, 7) is 5.68. The molecule has 0 saturated heterocycles. The topological polar surface area (TPSA) is 46.5 Å². The second kappa shape index (κ2) is 5.60. The van der Waals surface area contributed by atoms with Crippen LogP contribution in [0.2, 0.25) is 0 Å². The molecule has 0 heterocycles. The van der Waals surface area contributed by atoms with Gasteiger partial charge in [-0.3, -0.25) is 14.6 Å². The van der Waals surface area contributed by atoms with Gasteiger partial charge < -0.3 is 0 Å². The molecule has 3 nitrogen and oxygen atoms in total. The van der Waals surface area contributed by atoms with Crippen LogP contribution in [-0.2, 0) is 9.59 Å². The van der Waals surface area contributed by atoms with Gasteiger partial charge in [0.2, 0.25) is 0 Å². The van der Waals surface area contributed by atoms with Gasteiger partial charge in [0.1, 0.15) is 17.5 Å². The van der Waals surface area contributed by atoms with Gasteiger partial charge in [0, 0.05) is 23.0 Å². The number of carbonyl (C=O) groups is 2. The zero-order valence-electron chi connectivity index (χ0n) is 11.9. The van der Waals surface area contributed by atoms with Crippen LogP contribution in [0, 0.1) is 11.3 Å². The third kappa shape index (κ3) is 3.42. The molecule has 106 valence electrons. The molecule has 0 radical (unpaired) electrons. The van der Waals surface area contributed by atoms with E-state index in [2.05, 4.69) is 20.9 Å². The van der Waals surface area contributed by atoms with Crippen molar-refractivity contribution in [3.05, 3.63) is 28.7 Å². The quantitative estimate of drug-likeness (QED) is 0.602. The molecule has 1 aromatic rings. The third-order valence-corrected chi connectivity index (χ3v) is 4.03. The lowest BCUT2D eigenvalue weighted by atomic mass is 9.70. The van der Waals surface area contributed by atoms with Gasteiger partial charge in [-0.2, -0.15) is 0 Å². The van der Waals surface area contributed by atoms with Crippen molar-refractivity contribution >= 4 is 38.9 Å². The lowest BCUT2D eigenvalue weighted by molar-refractivity contribution is -0.136. The lowest BCUT2D eigenvalue weighted by Gasteiger charge is -2.31. The van der Waals surface area contributed by atoms with Gasteiger partial charge in [0.15, 0.2) is 0 Å². The van der Waals surface area contributed by atoms with Crippen molar-refractivity contribution in [1.82, 2.24) is 0 Å². The van der Waals surface area contributed by atoms with Crippen LogP contribution in [0.4, 0.5) is 5.69 Å². The number of nitrogens with zero attached hydrogens (tertiary/aromatic N) is 1. The van der Waals surface area contributed by atoms with Crippen LogP contribution < -0.4 is 0 Å². The van der Waals surface area contributed by atoms with E-state index in [0.717, 1.165) is 10.2 Å². The van der Waals surface area contributed by atoms with Gasteiger partial charge in [-0.25, -0.2) is 0 Å². The summed E-state index contributed by atoms with van der Waals surface area (Å²) in [7, 11) is 0. The predicted octanol–water partition coefficient (Wildman–Crippen LogP) is 4.12. The summed E-state index contributed by atoms with van der Waals surface area (Å²) < 4.78 is 0.973. The van der Waals surface area contributed by atoms with Crippen molar-refractivity contribution in [3.63, 3.8) is 0 Å². The average molecular weight is 336 g/mol. The van der Waals surface area contributed by atoms with E-state index in [1.54, 1.807) is 6.92 Å². The van der Waals surface area contributed by atoms with Crippen molar-refractivity contribution in [2.45, 2.75) is 33.6 Å². The van der Waals surface area contributed by atoms with Crippen LogP contribution in [0.5, 0.6) is 0 Å². The van der Waals surface area contributed by atoms with Crippen molar-refractivity contribution in [2.24, 2.45) is 16.3 Å². The summed E-state index contributed by atoms with van der Waals surface area (Å²) in [6.07, 6.45) is 0.882. The molecule has 0 aromatic heterocycles. The zero-order valence-corrected chi connectivity index (χ0v) is 13.5. The molecule has 1 aliphatic rings. The molecule has 1 aromatic carbocycles. The summed E-state index contributed by atoms with van der Waals surface area (Å²) in [5, 5.41) is 0. The Labute approximate surface area is 127 Å². The average Bonchev–Trinajstić information content (AvgIpc) is 2.29. The molecule has 1 fully saturated rings. The summed E-state index contributed by atoms with van der Waals surface area (Å²) in [5.41, 5.74) is 1.14. The molecular formula is C16H18BrNO2. The van der Waals surface area contributed by atoms with E-state index in [1.165, 1.54) is 0 Å². The highest BCUT2D eigenvalue weighted by atomic mass is 79.9. The Morgan fingerprint density at radius 2 is 1.65 bits per heavy atom. The molecule has 0 unspecified atom stereocenters. The number of carbonyl (C=O) groups excluding carboxylic acids is 2. The van der Waals surface area contributed by atoms with E-state index >= 15 is 0 Å². The largest absolute Gasteiger partial charge is 0.298 e. The van der Waals surface area contributed by atoms with Crippen molar-refractivity contribution < 1.29 is 9.59 Å². The number of halogens is 1. The van der Waals surface area contributed by atoms with Gasteiger partial charge in [-0.05, 0) is 36.6 Å². The Morgan fingerprint density at radius 1 is 1.15 bits per heavy atom. The van der Waals surface area contributed by atoms with E-state index in [9.17, 15) is 9.59 Å². The van der Waals surface area contributed by atoms with Crippen LogP contribution in [0.15, 0.2) is 33.7 Å². The summed E-state index contributed by atoms with van der Waals surface area (Å²) in [5.74, 6) is -0.680. The van der Waals surface area contributed by atoms with Gasteiger partial charge in [0.25, 0.3) is 0 Å². The number of ketones is 2. The van der Waals surface area contributed by atoms with Crippen molar-refractivity contribution in [2.75, 3.05) is 0 Å². The lowest BCUT2D eigenvalue weighted by Crippen LogP contribution is -2.41. The Morgan fingerprint density at radius 3 is 2.15 bits per heavy atom. The van der Waals surface area contributed by atoms with Crippen molar-refractivity contribution in [3.8, 4) is 0 Å². The SMILES string of the molecule is CC(=Nc1ccc(Br)cc1)C1C(=O)CC(C)(C)CC1=O. The maximum Gasteiger partial charge on any atom is 0.149 e. The number of Topliss-reactive ketones (excluding diaryl/α,β-unsaturated/α-hetero) is 2. The first kappa shape index (κ1) is 15.1. The van der Waals surface area contributed by atoms with Crippen LogP contribution in [0.1, 0.15) is 33.6 Å². The minimum Gasteiger partial charge on any atom is -0.298 e. The third-order valence-electron chi connectivity index (χ3n) is 3.50. The van der Waals surface area contributed by atoms with Crippen LogP contribution in [0.3, 0.4) is 0 Å². The normalized spacial score (nSPS) is 20.3. The standard InChI is InChI=1S/C16H18BrNO2/c1-10(18-12-6-4-11(17)5-7-12)15-13(19)8-16(2,3)9-14(15)20/h4-7,15H,8-9H2,1-3H3. The fraction of sp³-hybridized carbons (Fsp3) is 0.438. The molecular weight excluding hydrogens is 318 g/mol. The number of aliphatic imine (C=N–C) groups is 1. The Balaban J connectivity index is 2.24. The molecule has 0 aliphatic heterocycles. The van der Waals surface area contributed by atoms with Crippen LogP contribution in [0.25, 0.3) is 0 Å². The maximum atomic E-state index is 12.2. The second-order valence-corrected chi connectivity index (χ2v) is 7.03. The van der Waals surface area contributed by atoms with Crippen molar-refractivity contribution in [1.29, 1.82) is 0 Å². The summed E-state index contributed by atoms with van der Waals surface area (Å²) in [4.78, 5) is 28.8. The molecule has 2 rings (SSSR count). The smallest absolute Gasteiger partial charge is 0.149 e. The van der Waals surface area contributed by atoms with E-state index in [0.29, 0.717) is 18.6 Å². The fourth-order valence-electron chi connectivity index (χ4n) is 2.64. The monoisotopic (exact) mass is 335 g/mol. The van der Waals surface area contributed by atoms with E-state index in [4.69, 9.17) is 0 Å². The van der Waals surface area contributed by atoms with Crippen LogP contribution >= 0.6 is 15.9 Å². The van der Waals surface area contributed by atoms with Gasteiger partial charge >= 0.3 is 0 Å². The van der Waals surface area contributed by atoms with Gasteiger partial charge in [0.05, 0.1) is 5.69 Å². The molecule has 0 spiro atoms. The Bertz CT molecular complexity index is 553. The maximum absolute atomic E-state index is 12.2. The first-order valence-corrected chi connectivity index (χ1v) is 7.44. The second-order valence-electron chi connectivity index (χ2n) is 6.11. The first-order chi connectivity index (χ1) is 9.28. The minimum absolute atomic E-state index is 0.00962. The molecule has 0 bridgehead atoms. The predicted molar refractivity (Wildman–Crippen MR) is 83.4 cm³/mol. The molecule has 0 amide bonds. The highest BCUT2D eigenvalue weighted by Gasteiger charge is 2.40. The molecule has 1 saturated carbocycles. The minimum atomic E-state index is -0.660. The molecule has 0 N–H and O–H groups in total. The van der Waals surface area contributed by atoms with E-state index in [1.807, 2.05) is 38.1 Å². The summed E-state index contributed by atoms with van der Waals surface area (Å²) in [6, 6.07) is 7.49. The Kier molecular flexibility index (Phi) is 4.23. The van der Waals surface area contributed by atoms with Crippen LogP contribution in [-0.4, -0.2) is 17.3 Å². The number of hydrogen-bond donors (Lipinski definition) is 0. The molecule has 20 heavy (non-hydrogen) atoms. The van der Waals surface area contributed by atoms with Gasteiger partial charge in [-0.1, -0.05) is 29.8 Å².